The van der Waals surface area contributed by atoms with Crippen LogP contribution in [0.25, 0.3) is 0 Å². The molecule has 2 bridgehead atoms. The summed E-state index contributed by atoms with van der Waals surface area (Å²) in [5.41, 5.74) is -1.55. The second kappa shape index (κ2) is 17.0. The van der Waals surface area contributed by atoms with E-state index in [4.69, 9.17) is 14.2 Å². The van der Waals surface area contributed by atoms with Gasteiger partial charge in [0.25, 0.3) is 11.8 Å². The number of halogens is 3. The number of nitrogens with one attached hydrogen (secondary N) is 2. The van der Waals surface area contributed by atoms with E-state index in [2.05, 4.69) is 15.6 Å². The number of ether oxygens (including phenoxy) is 3. The lowest BCUT2D eigenvalue weighted by Gasteiger charge is -2.33. The van der Waals surface area contributed by atoms with Crippen molar-refractivity contribution in [1.82, 2.24) is 20.5 Å². The number of carbonyl (C=O) groups excluding carboxylic acids is 4. The first-order valence-electron chi connectivity index (χ1n) is 15.6. The van der Waals surface area contributed by atoms with Crippen LogP contribution in [0.4, 0.5) is 13.2 Å². The van der Waals surface area contributed by atoms with E-state index < -0.39 is 35.1 Å². The van der Waals surface area contributed by atoms with Crippen molar-refractivity contribution in [2.75, 3.05) is 46.5 Å². The molecule has 47 heavy (non-hydrogen) atoms. The number of hydrogen-bond donors (Lipinski definition) is 2. The second-order valence-electron chi connectivity index (χ2n) is 11.8. The SMILES string of the molecule is CCOC(=O)C1(CCC(C)C)CNC(=O)CCCN(C(=O)c2ccc(C(F)(F)F)nc2)CCNC(=O)COc2ccc(cc2OC)C1. The predicted molar refractivity (Wildman–Crippen MR) is 166 cm³/mol. The molecular weight excluding hydrogens is 621 g/mol. The van der Waals surface area contributed by atoms with Crippen LogP contribution in [0.2, 0.25) is 0 Å². The summed E-state index contributed by atoms with van der Waals surface area (Å²) in [5.74, 6) is -0.957. The number of esters is 1. The number of alkyl halides is 3. The normalized spacial score (nSPS) is 18.7. The predicted octanol–water partition coefficient (Wildman–Crippen LogP) is 4.18. The monoisotopic (exact) mass is 664 g/mol. The molecule has 11 nitrogen and oxygen atoms in total. The Labute approximate surface area is 272 Å². The number of rotatable bonds is 7. The third-order valence-electron chi connectivity index (χ3n) is 7.79. The Bertz CT molecular complexity index is 1390. The lowest BCUT2D eigenvalue weighted by atomic mass is 9.76. The highest BCUT2D eigenvalue weighted by Crippen LogP contribution is 2.35. The molecule has 0 fully saturated rings. The van der Waals surface area contributed by atoms with Crippen LogP contribution in [-0.2, 0) is 31.7 Å². The average Bonchev–Trinajstić information content (AvgIpc) is 3.03. The third kappa shape index (κ3) is 10.9. The van der Waals surface area contributed by atoms with Crippen LogP contribution in [0.15, 0.2) is 36.5 Å². The van der Waals surface area contributed by atoms with Gasteiger partial charge in [-0.25, -0.2) is 0 Å². The molecule has 258 valence electrons. The van der Waals surface area contributed by atoms with Crippen LogP contribution < -0.4 is 20.1 Å². The van der Waals surface area contributed by atoms with Crippen molar-refractivity contribution in [3.8, 4) is 11.5 Å². The fourth-order valence-electron chi connectivity index (χ4n) is 5.16. The van der Waals surface area contributed by atoms with Crippen LogP contribution in [0.1, 0.15) is 68.1 Å². The Morgan fingerprint density at radius 2 is 1.87 bits per heavy atom. The third-order valence-corrected chi connectivity index (χ3v) is 7.79. The van der Waals surface area contributed by atoms with Crippen molar-refractivity contribution in [2.24, 2.45) is 11.3 Å². The van der Waals surface area contributed by atoms with Gasteiger partial charge in [-0.1, -0.05) is 19.9 Å². The number of benzene rings is 1. The fraction of sp³-hybridized carbons (Fsp3) is 0.545. The summed E-state index contributed by atoms with van der Waals surface area (Å²) in [6.45, 7) is 5.70. The van der Waals surface area contributed by atoms with E-state index in [1.54, 1.807) is 25.1 Å². The van der Waals surface area contributed by atoms with E-state index in [0.717, 1.165) is 23.9 Å². The van der Waals surface area contributed by atoms with Crippen molar-refractivity contribution in [3.05, 3.63) is 53.3 Å². The molecule has 2 N–H and O–H groups in total. The van der Waals surface area contributed by atoms with E-state index in [0.29, 0.717) is 24.3 Å². The number of hydrogen-bond acceptors (Lipinski definition) is 8. The Morgan fingerprint density at radius 1 is 1.11 bits per heavy atom. The van der Waals surface area contributed by atoms with Crippen molar-refractivity contribution in [3.63, 3.8) is 0 Å². The van der Waals surface area contributed by atoms with Gasteiger partial charge in [0.2, 0.25) is 5.91 Å². The molecule has 1 aromatic carbocycles. The van der Waals surface area contributed by atoms with E-state index in [1.807, 2.05) is 13.8 Å². The molecule has 1 aromatic heterocycles. The van der Waals surface area contributed by atoms with Gasteiger partial charge in [-0.05, 0) is 68.4 Å². The minimum atomic E-state index is -4.66. The van der Waals surface area contributed by atoms with Crippen molar-refractivity contribution < 1.29 is 46.6 Å². The van der Waals surface area contributed by atoms with Gasteiger partial charge in [-0.3, -0.25) is 24.2 Å². The van der Waals surface area contributed by atoms with E-state index >= 15 is 0 Å². The Kier molecular flexibility index (Phi) is 13.4. The number of methoxy groups -OCH3 is 1. The highest BCUT2D eigenvalue weighted by Gasteiger charge is 2.40. The fourth-order valence-corrected chi connectivity index (χ4v) is 5.16. The molecule has 0 radical (unpaired) electrons. The summed E-state index contributed by atoms with van der Waals surface area (Å²) in [4.78, 5) is 57.2. The zero-order chi connectivity index (χ0) is 34.6. The van der Waals surface area contributed by atoms with Crippen molar-refractivity contribution >= 4 is 23.7 Å². The molecule has 14 heteroatoms. The summed E-state index contributed by atoms with van der Waals surface area (Å²) in [7, 11) is 1.46. The van der Waals surface area contributed by atoms with Crippen LogP contribution in [-0.4, -0.2) is 80.1 Å². The van der Waals surface area contributed by atoms with E-state index in [-0.39, 0.29) is 76.0 Å². The first kappa shape index (κ1) is 37.1. The van der Waals surface area contributed by atoms with Crippen LogP contribution >= 0.6 is 0 Å². The summed E-state index contributed by atoms with van der Waals surface area (Å²) >= 11 is 0. The molecular formula is C33H43F3N4O7. The molecule has 1 unspecified atom stereocenters. The van der Waals surface area contributed by atoms with Crippen molar-refractivity contribution in [2.45, 2.75) is 59.1 Å². The molecule has 0 spiro atoms. The highest BCUT2D eigenvalue weighted by molar-refractivity contribution is 5.94. The number of fused-ring (bicyclic) bond motifs is 16. The van der Waals surface area contributed by atoms with Crippen LogP contribution in [0.5, 0.6) is 11.5 Å². The first-order chi connectivity index (χ1) is 22.3. The Balaban J connectivity index is 1.90. The first-order valence-corrected chi connectivity index (χ1v) is 15.6. The zero-order valence-electron chi connectivity index (χ0n) is 27.2. The molecule has 3 heterocycles. The smallest absolute Gasteiger partial charge is 0.433 e. The standard InChI is InChI=1S/C33H43F3N4O7/c1-5-46-31(44)32(13-12-22(2)3)18-23-8-10-25(26(17-23)45-4)47-20-29(42)37-14-16-40(15-6-7-28(41)39-21-32)30(43)24-9-11-27(38-19-24)33(34,35)36/h8-11,17,19,22H,5-7,12-16,18,20-21H2,1-4H3,(H,37,42)(H,39,41). The molecule has 3 amide bonds. The van der Waals surface area contributed by atoms with Gasteiger partial charge in [0, 0.05) is 38.8 Å². The van der Waals surface area contributed by atoms with Crippen molar-refractivity contribution in [1.29, 1.82) is 0 Å². The lowest BCUT2D eigenvalue weighted by molar-refractivity contribution is -0.156. The van der Waals surface area contributed by atoms with Gasteiger partial charge < -0.3 is 29.7 Å². The van der Waals surface area contributed by atoms with Crippen LogP contribution in [0, 0.1) is 11.3 Å². The summed E-state index contributed by atoms with van der Waals surface area (Å²) in [5, 5.41) is 5.56. The van der Waals surface area contributed by atoms with Crippen LogP contribution in [0.3, 0.4) is 0 Å². The van der Waals surface area contributed by atoms with Gasteiger partial charge in [0.15, 0.2) is 18.1 Å². The molecule has 0 aliphatic carbocycles. The number of amides is 3. The van der Waals surface area contributed by atoms with Gasteiger partial charge in [-0.2, -0.15) is 13.2 Å². The van der Waals surface area contributed by atoms with Gasteiger partial charge in [0.1, 0.15) is 5.69 Å². The summed E-state index contributed by atoms with van der Waals surface area (Å²) in [6, 6.07) is 6.91. The Morgan fingerprint density at radius 3 is 2.51 bits per heavy atom. The number of nitrogens with zero attached hydrogens (tertiary/aromatic N) is 2. The largest absolute Gasteiger partial charge is 0.493 e. The highest BCUT2D eigenvalue weighted by atomic mass is 19.4. The second-order valence-corrected chi connectivity index (χ2v) is 11.8. The molecule has 4 rings (SSSR count). The summed E-state index contributed by atoms with van der Waals surface area (Å²) in [6.07, 6.45) is -2.23. The number of pyridine rings is 1. The molecule has 2 aliphatic rings. The zero-order valence-corrected chi connectivity index (χ0v) is 27.2. The minimum Gasteiger partial charge on any atom is -0.493 e. The van der Waals surface area contributed by atoms with Gasteiger partial charge in [0.05, 0.1) is 24.7 Å². The maximum absolute atomic E-state index is 13.5. The number of aromatic nitrogens is 1. The molecule has 2 aliphatic heterocycles. The quantitative estimate of drug-likeness (QED) is 0.333. The average molecular weight is 665 g/mol. The van der Waals surface area contributed by atoms with Gasteiger partial charge >= 0.3 is 12.1 Å². The maximum atomic E-state index is 13.5. The lowest BCUT2D eigenvalue weighted by Crippen LogP contribution is -2.46. The molecule has 2 aromatic rings. The topological polar surface area (TPSA) is 136 Å². The Hall–Kier alpha value is -4.36. The maximum Gasteiger partial charge on any atom is 0.433 e. The minimum absolute atomic E-state index is 0.000840. The van der Waals surface area contributed by atoms with E-state index in [1.165, 1.54) is 12.0 Å². The van der Waals surface area contributed by atoms with E-state index in [9.17, 15) is 32.3 Å². The van der Waals surface area contributed by atoms with Gasteiger partial charge in [-0.15, -0.1) is 0 Å². The molecule has 0 saturated carbocycles. The molecule has 1 atom stereocenters. The number of carbonyl (C=O) groups is 4. The summed E-state index contributed by atoms with van der Waals surface area (Å²) < 4.78 is 55.7. The molecule has 0 saturated heterocycles.